The second-order valence-corrected chi connectivity index (χ2v) is 12.0. The predicted octanol–water partition coefficient (Wildman–Crippen LogP) is 1.24. The largest absolute Gasteiger partial charge is 0.467 e. The van der Waals surface area contributed by atoms with E-state index in [0.717, 1.165) is 19.3 Å². The zero-order valence-electron chi connectivity index (χ0n) is 20.8. The van der Waals surface area contributed by atoms with Crippen molar-refractivity contribution in [1.82, 2.24) is 15.5 Å². The van der Waals surface area contributed by atoms with Crippen molar-refractivity contribution in [2.24, 2.45) is 22.5 Å². The molecule has 0 aromatic carbocycles. The van der Waals surface area contributed by atoms with Crippen LogP contribution in [0.1, 0.15) is 78.1 Å². The van der Waals surface area contributed by atoms with Crippen molar-refractivity contribution in [1.29, 1.82) is 0 Å². The van der Waals surface area contributed by atoms with Gasteiger partial charge in [0.15, 0.2) is 0 Å². The minimum atomic E-state index is -0.940. The quantitative estimate of drug-likeness (QED) is 0.452. The lowest BCUT2D eigenvalue weighted by molar-refractivity contribution is -0.146. The van der Waals surface area contributed by atoms with Gasteiger partial charge in [-0.3, -0.25) is 14.4 Å². The smallest absolute Gasteiger partial charge is 0.328 e. The van der Waals surface area contributed by atoms with E-state index in [1.807, 2.05) is 0 Å². The lowest BCUT2D eigenvalue weighted by Crippen LogP contribution is -2.65. The molecule has 9 heteroatoms. The number of nitrogens with zero attached hydrogens (tertiary/aromatic N) is 1. The Balaban J connectivity index is 1.35. The Morgan fingerprint density at radius 1 is 1.09 bits per heavy atom. The number of amides is 3. The molecule has 1 aliphatic heterocycles. The number of carbonyl (C=O) groups excluding carboxylic acids is 4. The highest BCUT2D eigenvalue weighted by molar-refractivity contribution is 5.91. The highest BCUT2D eigenvalue weighted by Gasteiger charge is 2.60. The molecule has 0 aromatic rings. The second-order valence-electron chi connectivity index (χ2n) is 12.0. The Bertz CT molecular complexity index is 842. The minimum Gasteiger partial charge on any atom is -0.467 e. The van der Waals surface area contributed by atoms with Gasteiger partial charge >= 0.3 is 5.97 Å². The summed E-state index contributed by atoms with van der Waals surface area (Å²) in [4.78, 5) is 51.8. The third kappa shape index (κ3) is 4.95. The Kier molecular flexibility index (Phi) is 6.70. The molecule has 4 saturated carbocycles. The molecule has 4 bridgehead atoms. The topological polar surface area (TPSA) is 131 Å². The van der Waals surface area contributed by atoms with Gasteiger partial charge in [0.25, 0.3) is 0 Å². The summed E-state index contributed by atoms with van der Waals surface area (Å²) in [6.07, 6.45) is 8.30. The molecule has 34 heavy (non-hydrogen) atoms. The van der Waals surface area contributed by atoms with E-state index >= 15 is 0 Å². The highest BCUT2D eigenvalue weighted by atomic mass is 16.5. The number of hydrogen-bond donors (Lipinski definition) is 3. The third-order valence-electron chi connectivity index (χ3n) is 8.54. The lowest BCUT2D eigenvalue weighted by atomic mass is 9.43. The van der Waals surface area contributed by atoms with Crippen LogP contribution in [0.15, 0.2) is 0 Å². The van der Waals surface area contributed by atoms with Crippen LogP contribution in [0.25, 0.3) is 0 Å². The van der Waals surface area contributed by atoms with E-state index in [4.69, 9.17) is 10.5 Å². The molecular formula is C25H40N4O5. The molecule has 4 N–H and O–H groups in total. The fraction of sp³-hybridized carbons (Fsp3) is 0.840. The number of methoxy groups -OCH3 is 1. The Morgan fingerprint density at radius 2 is 1.76 bits per heavy atom. The molecular weight excluding hydrogens is 436 g/mol. The van der Waals surface area contributed by atoms with E-state index in [0.29, 0.717) is 25.3 Å². The molecule has 4 atom stereocenters. The van der Waals surface area contributed by atoms with Gasteiger partial charge in [-0.2, -0.15) is 0 Å². The van der Waals surface area contributed by atoms with Gasteiger partial charge in [-0.05, 0) is 74.5 Å². The molecule has 5 rings (SSSR count). The Morgan fingerprint density at radius 3 is 2.35 bits per heavy atom. The first-order chi connectivity index (χ1) is 16.0. The van der Waals surface area contributed by atoms with Crippen LogP contribution in [0.2, 0.25) is 0 Å². The molecule has 1 heterocycles. The number of likely N-dealkylation sites (tertiary alicyclic amines) is 1. The molecule has 0 aromatic heterocycles. The summed E-state index contributed by atoms with van der Waals surface area (Å²) >= 11 is 0. The van der Waals surface area contributed by atoms with E-state index in [-0.39, 0.29) is 47.6 Å². The van der Waals surface area contributed by atoms with Crippen LogP contribution in [-0.2, 0) is 23.9 Å². The average Bonchev–Trinajstić information content (AvgIpc) is 3.22. The maximum absolute atomic E-state index is 13.0. The number of ether oxygens (including phenoxy) is 1. The van der Waals surface area contributed by atoms with Crippen LogP contribution in [0.5, 0.6) is 0 Å². The maximum atomic E-state index is 13.0. The third-order valence-corrected chi connectivity index (χ3v) is 8.54. The van der Waals surface area contributed by atoms with Gasteiger partial charge in [0, 0.05) is 18.5 Å². The van der Waals surface area contributed by atoms with E-state index in [2.05, 4.69) is 24.5 Å². The van der Waals surface area contributed by atoms with Crippen LogP contribution in [0.4, 0.5) is 0 Å². The summed E-state index contributed by atoms with van der Waals surface area (Å²) < 4.78 is 4.88. The second kappa shape index (κ2) is 9.13. The van der Waals surface area contributed by atoms with Crippen molar-refractivity contribution in [2.45, 2.75) is 95.7 Å². The van der Waals surface area contributed by atoms with Gasteiger partial charge in [-0.1, -0.05) is 13.8 Å². The average molecular weight is 477 g/mol. The van der Waals surface area contributed by atoms with Crippen LogP contribution in [0, 0.1) is 16.7 Å². The summed E-state index contributed by atoms with van der Waals surface area (Å²) in [7, 11) is 1.26. The number of carbonyl (C=O) groups is 4. The molecule has 0 spiro atoms. The van der Waals surface area contributed by atoms with E-state index < -0.39 is 24.0 Å². The first kappa shape index (κ1) is 24.9. The van der Waals surface area contributed by atoms with Gasteiger partial charge in [-0.25, -0.2) is 4.79 Å². The van der Waals surface area contributed by atoms with Crippen LogP contribution >= 0.6 is 0 Å². The van der Waals surface area contributed by atoms with Gasteiger partial charge in [-0.15, -0.1) is 0 Å². The number of rotatable bonds is 8. The first-order valence-electron chi connectivity index (χ1n) is 12.7. The maximum Gasteiger partial charge on any atom is 0.328 e. The number of nitrogens with two attached hydrogens (primary N) is 1. The number of esters is 1. The molecule has 3 amide bonds. The van der Waals surface area contributed by atoms with Crippen molar-refractivity contribution >= 4 is 23.7 Å². The molecule has 5 fully saturated rings. The van der Waals surface area contributed by atoms with Gasteiger partial charge in [0.2, 0.25) is 17.7 Å². The molecule has 4 aliphatic carbocycles. The number of nitrogens with one attached hydrogen (secondary N) is 2. The fourth-order valence-corrected chi connectivity index (χ4v) is 8.33. The van der Waals surface area contributed by atoms with E-state index in [1.54, 1.807) is 0 Å². The van der Waals surface area contributed by atoms with Gasteiger partial charge in [0.1, 0.15) is 12.1 Å². The predicted molar refractivity (Wildman–Crippen MR) is 125 cm³/mol. The van der Waals surface area contributed by atoms with Crippen molar-refractivity contribution < 1.29 is 23.9 Å². The number of hydrogen-bond acceptors (Lipinski definition) is 6. The van der Waals surface area contributed by atoms with Crippen molar-refractivity contribution in [2.75, 3.05) is 20.2 Å². The van der Waals surface area contributed by atoms with Crippen molar-refractivity contribution in [3.63, 3.8) is 0 Å². The normalized spacial score (nSPS) is 36.8. The molecule has 9 nitrogen and oxygen atoms in total. The lowest BCUT2D eigenvalue weighted by Gasteiger charge is -2.65. The molecule has 2 unspecified atom stereocenters. The SMILES string of the molecule is COC(=O)[C@H](CCC(=O)NC12CC3CC(C)(CC(C)(C3)C1)C2)NC(=O)[C@@H]1CCCN1C(=O)CN. The summed E-state index contributed by atoms with van der Waals surface area (Å²) in [6.45, 7) is 5.04. The van der Waals surface area contributed by atoms with Crippen LogP contribution in [0.3, 0.4) is 0 Å². The summed E-state index contributed by atoms with van der Waals surface area (Å²) in [5, 5.41) is 6.07. The van der Waals surface area contributed by atoms with Crippen LogP contribution in [-0.4, -0.2) is 66.4 Å². The zero-order chi connectivity index (χ0) is 24.7. The molecule has 1 saturated heterocycles. The van der Waals surface area contributed by atoms with Crippen LogP contribution < -0.4 is 16.4 Å². The van der Waals surface area contributed by atoms with E-state index in [9.17, 15) is 19.2 Å². The fourth-order valence-electron chi connectivity index (χ4n) is 8.33. The van der Waals surface area contributed by atoms with Gasteiger partial charge in [0.05, 0.1) is 13.7 Å². The minimum absolute atomic E-state index is 0.0851. The molecule has 5 aliphatic rings. The monoisotopic (exact) mass is 476 g/mol. The summed E-state index contributed by atoms with van der Waals surface area (Å²) in [5.74, 6) is -0.704. The first-order valence-corrected chi connectivity index (χ1v) is 12.7. The zero-order valence-corrected chi connectivity index (χ0v) is 20.8. The summed E-state index contributed by atoms with van der Waals surface area (Å²) in [6, 6.07) is -1.59. The molecule has 0 radical (unpaired) electrons. The van der Waals surface area contributed by atoms with Gasteiger partial charge < -0.3 is 26.0 Å². The van der Waals surface area contributed by atoms with Crippen molar-refractivity contribution in [3.8, 4) is 0 Å². The highest BCUT2D eigenvalue weighted by Crippen LogP contribution is 2.66. The molecule has 190 valence electrons. The van der Waals surface area contributed by atoms with Crippen molar-refractivity contribution in [3.05, 3.63) is 0 Å². The Labute approximate surface area is 201 Å². The Hall–Kier alpha value is -2.16. The van der Waals surface area contributed by atoms with E-state index in [1.165, 1.54) is 31.3 Å². The standard InChI is InChI=1S/C25H40N4O5/c1-23-9-16-10-24(2,13-23)15-25(11-16,14-23)28-19(30)7-6-17(22(33)34-3)27-21(32)18-5-4-8-29(18)20(31)12-26/h16-18H,4-15,26H2,1-3H3,(H,27,32)(H,28,30)/t16?,17-,18-,23?,24?,25?/m0/s1. The summed E-state index contributed by atoms with van der Waals surface area (Å²) in [5.41, 5.74) is 5.89.